The summed E-state index contributed by atoms with van der Waals surface area (Å²) in [5.41, 5.74) is 7.02. The van der Waals surface area contributed by atoms with Crippen molar-refractivity contribution in [2.75, 3.05) is 5.73 Å². The Kier molecular flexibility index (Phi) is 3.27. The van der Waals surface area contributed by atoms with Crippen molar-refractivity contribution in [2.24, 2.45) is 0 Å². The molecule has 0 saturated carbocycles. The number of carbonyl (C=O) groups is 1. The quantitative estimate of drug-likeness (QED) is 0.848. The standard InChI is InChI=1S/C12H14N4O2/c1-7-8(2)18-10(16-7)6-15-12(17)11-9(13)4-3-5-14-11/h3-5H,6,13H2,1-2H3,(H,15,17). The van der Waals surface area contributed by atoms with Crippen molar-refractivity contribution >= 4 is 11.6 Å². The molecule has 0 aliphatic rings. The summed E-state index contributed by atoms with van der Waals surface area (Å²) < 4.78 is 5.35. The SMILES string of the molecule is Cc1nc(CNC(=O)c2ncccc2N)oc1C. The van der Waals surface area contributed by atoms with Crippen LogP contribution >= 0.6 is 0 Å². The van der Waals surface area contributed by atoms with Crippen LogP contribution in [0.5, 0.6) is 0 Å². The Morgan fingerprint density at radius 2 is 2.28 bits per heavy atom. The van der Waals surface area contributed by atoms with Crippen molar-refractivity contribution in [3.63, 3.8) is 0 Å². The van der Waals surface area contributed by atoms with E-state index in [1.54, 1.807) is 12.1 Å². The number of anilines is 1. The average molecular weight is 246 g/mol. The van der Waals surface area contributed by atoms with E-state index in [0.717, 1.165) is 11.5 Å². The van der Waals surface area contributed by atoms with Gasteiger partial charge in [-0.15, -0.1) is 0 Å². The summed E-state index contributed by atoms with van der Waals surface area (Å²) in [6, 6.07) is 3.30. The molecule has 0 spiro atoms. The predicted molar refractivity (Wildman–Crippen MR) is 65.8 cm³/mol. The molecule has 18 heavy (non-hydrogen) atoms. The van der Waals surface area contributed by atoms with Crippen LogP contribution in [0.2, 0.25) is 0 Å². The molecule has 0 fully saturated rings. The molecular formula is C12H14N4O2. The number of rotatable bonds is 3. The van der Waals surface area contributed by atoms with Crippen LogP contribution in [0.4, 0.5) is 5.69 Å². The van der Waals surface area contributed by atoms with Gasteiger partial charge in [0, 0.05) is 6.20 Å². The van der Waals surface area contributed by atoms with Crippen molar-refractivity contribution in [1.82, 2.24) is 15.3 Å². The molecule has 6 nitrogen and oxygen atoms in total. The average Bonchev–Trinajstić information content (AvgIpc) is 2.66. The first kappa shape index (κ1) is 12.1. The van der Waals surface area contributed by atoms with Gasteiger partial charge in [-0.25, -0.2) is 9.97 Å². The molecule has 0 atom stereocenters. The Hall–Kier alpha value is -2.37. The largest absolute Gasteiger partial charge is 0.444 e. The van der Waals surface area contributed by atoms with E-state index in [1.165, 1.54) is 6.20 Å². The zero-order valence-corrected chi connectivity index (χ0v) is 10.2. The fourth-order valence-corrected chi connectivity index (χ4v) is 1.46. The molecule has 0 unspecified atom stereocenters. The summed E-state index contributed by atoms with van der Waals surface area (Å²) in [6.45, 7) is 3.88. The van der Waals surface area contributed by atoms with E-state index in [9.17, 15) is 4.79 Å². The first-order chi connectivity index (χ1) is 8.58. The van der Waals surface area contributed by atoms with Crippen molar-refractivity contribution in [1.29, 1.82) is 0 Å². The number of aromatic nitrogens is 2. The van der Waals surface area contributed by atoms with Gasteiger partial charge in [0.15, 0.2) is 5.69 Å². The second-order valence-electron chi connectivity index (χ2n) is 3.87. The smallest absolute Gasteiger partial charge is 0.272 e. The molecule has 0 aromatic carbocycles. The van der Waals surface area contributed by atoms with Gasteiger partial charge in [0.05, 0.1) is 17.9 Å². The third-order valence-electron chi connectivity index (χ3n) is 2.53. The number of nitrogens with two attached hydrogens (primary N) is 1. The highest BCUT2D eigenvalue weighted by molar-refractivity contribution is 5.96. The molecule has 3 N–H and O–H groups in total. The molecule has 2 aromatic rings. The van der Waals surface area contributed by atoms with Crippen LogP contribution in [0.15, 0.2) is 22.7 Å². The van der Waals surface area contributed by atoms with Crippen molar-refractivity contribution in [2.45, 2.75) is 20.4 Å². The van der Waals surface area contributed by atoms with Crippen LogP contribution in [-0.4, -0.2) is 15.9 Å². The first-order valence-corrected chi connectivity index (χ1v) is 5.49. The van der Waals surface area contributed by atoms with Crippen molar-refractivity contribution in [3.8, 4) is 0 Å². The van der Waals surface area contributed by atoms with E-state index in [0.29, 0.717) is 11.6 Å². The molecule has 0 bridgehead atoms. The number of carbonyl (C=O) groups excluding carboxylic acids is 1. The lowest BCUT2D eigenvalue weighted by Gasteiger charge is -2.04. The maximum absolute atomic E-state index is 11.8. The number of hydrogen-bond donors (Lipinski definition) is 2. The van der Waals surface area contributed by atoms with E-state index < -0.39 is 0 Å². The van der Waals surface area contributed by atoms with Gasteiger partial charge in [-0.2, -0.15) is 0 Å². The minimum atomic E-state index is -0.346. The van der Waals surface area contributed by atoms with Gasteiger partial charge >= 0.3 is 0 Å². The third-order valence-corrected chi connectivity index (χ3v) is 2.53. The molecular weight excluding hydrogens is 232 g/mol. The number of nitrogens with one attached hydrogen (secondary N) is 1. The van der Waals surface area contributed by atoms with E-state index in [2.05, 4.69) is 15.3 Å². The van der Waals surface area contributed by atoms with Gasteiger partial charge in [-0.1, -0.05) is 0 Å². The summed E-state index contributed by atoms with van der Waals surface area (Å²) in [6.07, 6.45) is 1.52. The third kappa shape index (κ3) is 2.48. The molecule has 0 radical (unpaired) electrons. The zero-order valence-electron chi connectivity index (χ0n) is 10.2. The van der Waals surface area contributed by atoms with Gasteiger partial charge in [0.2, 0.25) is 5.89 Å². The van der Waals surface area contributed by atoms with Gasteiger partial charge in [-0.05, 0) is 26.0 Å². The predicted octanol–water partition coefficient (Wildman–Crippen LogP) is 1.20. The highest BCUT2D eigenvalue weighted by Gasteiger charge is 2.12. The van der Waals surface area contributed by atoms with E-state index in [-0.39, 0.29) is 18.1 Å². The number of hydrogen-bond acceptors (Lipinski definition) is 5. The van der Waals surface area contributed by atoms with Crippen LogP contribution in [0.1, 0.15) is 27.8 Å². The summed E-state index contributed by atoms with van der Waals surface area (Å²) in [5, 5.41) is 2.66. The van der Waals surface area contributed by atoms with E-state index in [4.69, 9.17) is 10.2 Å². The van der Waals surface area contributed by atoms with Crippen LogP contribution in [0, 0.1) is 13.8 Å². The molecule has 0 aliphatic heterocycles. The molecule has 0 aliphatic carbocycles. The monoisotopic (exact) mass is 246 g/mol. The second-order valence-corrected chi connectivity index (χ2v) is 3.87. The molecule has 2 aromatic heterocycles. The molecule has 94 valence electrons. The number of nitrogens with zero attached hydrogens (tertiary/aromatic N) is 2. The summed E-state index contributed by atoms with van der Waals surface area (Å²) >= 11 is 0. The minimum Gasteiger partial charge on any atom is -0.444 e. The maximum Gasteiger partial charge on any atom is 0.272 e. The first-order valence-electron chi connectivity index (χ1n) is 5.49. The van der Waals surface area contributed by atoms with E-state index in [1.807, 2.05) is 13.8 Å². The van der Waals surface area contributed by atoms with Crippen LogP contribution in [0.25, 0.3) is 0 Å². The highest BCUT2D eigenvalue weighted by atomic mass is 16.4. The number of nitrogen functional groups attached to an aromatic ring is 1. The molecule has 2 heterocycles. The zero-order chi connectivity index (χ0) is 13.1. The van der Waals surface area contributed by atoms with Gasteiger partial charge in [-0.3, -0.25) is 4.79 Å². The van der Waals surface area contributed by atoms with Crippen molar-refractivity contribution in [3.05, 3.63) is 41.4 Å². The normalized spacial score (nSPS) is 10.3. The van der Waals surface area contributed by atoms with Crippen molar-refractivity contribution < 1.29 is 9.21 Å². The number of oxazole rings is 1. The summed E-state index contributed by atoms with van der Waals surface area (Å²) in [4.78, 5) is 19.9. The molecule has 1 amide bonds. The van der Waals surface area contributed by atoms with Crippen LogP contribution in [0.3, 0.4) is 0 Å². The van der Waals surface area contributed by atoms with Gasteiger partial charge in [0.25, 0.3) is 5.91 Å². The lowest BCUT2D eigenvalue weighted by atomic mass is 10.3. The maximum atomic E-state index is 11.8. The van der Waals surface area contributed by atoms with Gasteiger partial charge < -0.3 is 15.5 Å². The van der Waals surface area contributed by atoms with Crippen LogP contribution < -0.4 is 11.1 Å². The van der Waals surface area contributed by atoms with E-state index >= 15 is 0 Å². The number of amides is 1. The Bertz CT molecular complexity index is 558. The fourth-order valence-electron chi connectivity index (χ4n) is 1.46. The van der Waals surface area contributed by atoms with Gasteiger partial charge in [0.1, 0.15) is 5.76 Å². The molecule has 2 rings (SSSR count). The Balaban J connectivity index is 2.03. The number of pyridine rings is 1. The summed E-state index contributed by atoms with van der Waals surface area (Å²) in [7, 11) is 0. The molecule has 6 heteroatoms. The lowest BCUT2D eigenvalue weighted by Crippen LogP contribution is -2.25. The number of aryl methyl sites for hydroxylation is 2. The van der Waals surface area contributed by atoms with Crippen LogP contribution in [-0.2, 0) is 6.54 Å². The Morgan fingerprint density at radius 3 is 2.89 bits per heavy atom. The highest BCUT2D eigenvalue weighted by Crippen LogP contribution is 2.09. The second kappa shape index (κ2) is 4.87. The lowest BCUT2D eigenvalue weighted by molar-refractivity contribution is 0.0943. The minimum absolute atomic E-state index is 0.206. The fraction of sp³-hybridized carbons (Fsp3) is 0.250. The summed E-state index contributed by atoms with van der Waals surface area (Å²) in [5.74, 6) is 0.867. The Labute approximate surface area is 104 Å². The topological polar surface area (TPSA) is 94.0 Å². The Morgan fingerprint density at radius 1 is 1.50 bits per heavy atom. The molecule has 0 saturated heterocycles.